The van der Waals surface area contributed by atoms with Crippen molar-refractivity contribution in [1.29, 1.82) is 0 Å². The van der Waals surface area contributed by atoms with Crippen molar-refractivity contribution in [3.63, 3.8) is 0 Å². The van der Waals surface area contributed by atoms with Gasteiger partial charge in [-0.3, -0.25) is 0 Å². The summed E-state index contributed by atoms with van der Waals surface area (Å²) in [6, 6.07) is 89.8. The molecule has 65 heavy (non-hydrogen) atoms. The molecular formula is C61H39N3Si. The van der Waals surface area contributed by atoms with Crippen LogP contribution in [0.2, 0.25) is 0 Å². The summed E-state index contributed by atoms with van der Waals surface area (Å²) in [5.74, 6) is 0. The summed E-state index contributed by atoms with van der Waals surface area (Å²) >= 11 is 0. The Hall–Kier alpha value is -8.18. The SMILES string of the molecule is c1ccc(N2c3ccccc3[Si]3(c4ccccc42)c2ccccc2C2(c4ccccc4N(c4cc5c6ccccc6n6c7ccccc7c(c4)c56)c4ccccc42)c2ccccc23)cc1. The summed E-state index contributed by atoms with van der Waals surface area (Å²) in [5, 5.41) is 10.8. The summed E-state index contributed by atoms with van der Waals surface area (Å²) in [7, 11) is -3.01. The van der Waals surface area contributed by atoms with E-state index in [0.717, 1.165) is 0 Å². The monoisotopic (exact) mass is 841 g/mol. The van der Waals surface area contributed by atoms with Gasteiger partial charge in [0, 0.05) is 44.3 Å². The average Bonchev–Trinajstić information content (AvgIpc) is 3.89. The first kappa shape index (κ1) is 35.3. The molecule has 0 aliphatic carbocycles. The first-order chi connectivity index (χ1) is 32.3. The Morgan fingerprint density at radius 3 is 1.20 bits per heavy atom. The number of aromatic nitrogens is 1. The first-order valence-electron chi connectivity index (χ1n) is 22.7. The molecule has 0 N–H and O–H groups in total. The van der Waals surface area contributed by atoms with Crippen molar-refractivity contribution < 1.29 is 0 Å². The Kier molecular flexibility index (Phi) is 6.91. The molecule has 10 aromatic carbocycles. The first-order valence-corrected chi connectivity index (χ1v) is 24.7. The lowest BCUT2D eigenvalue weighted by Gasteiger charge is -2.55. The van der Waals surface area contributed by atoms with Crippen LogP contribution < -0.4 is 30.5 Å². The zero-order chi connectivity index (χ0) is 42.4. The summed E-state index contributed by atoms with van der Waals surface area (Å²) in [6.07, 6.45) is 0. The molecule has 15 rings (SSSR count). The van der Waals surface area contributed by atoms with Crippen LogP contribution in [-0.2, 0) is 5.41 Å². The fraction of sp³-hybridized carbons (Fsp3) is 0.0164. The molecule has 0 saturated carbocycles. The summed E-state index contributed by atoms with van der Waals surface area (Å²) < 4.78 is 2.47. The molecule has 302 valence electrons. The van der Waals surface area contributed by atoms with Crippen molar-refractivity contribution in [2.24, 2.45) is 0 Å². The zero-order valence-electron chi connectivity index (χ0n) is 35.4. The standard InChI is InChI=1S/C61H39N3Si/c1-2-20-40(21-3-1)62-54-32-14-18-36-58(54)65(59-37-19-15-33-55(59)62)56-34-16-8-26-48(56)61(49-27-9-17-35-57(49)65)46-24-6-12-30-52(46)63(53-31-13-7-25-47(53)61)41-38-44-42-22-4-10-28-50(42)64-51-29-11-5-23-43(51)45(39-41)60(44)64/h1-39H. The van der Waals surface area contributed by atoms with Gasteiger partial charge in [-0.2, -0.15) is 0 Å². The molecule has 0 unspecified atom stereocenters. The second-order valence-corrected chi connectivity index (χ2v) is 21.6. The van der Waals surface area contributed by atoms with Crippen LogP contribution >= 0.6 is 0 Å². The van der Waals surface area contributed by atoms with Gasteiger partial charge >= 0.3 is 0 Å². The minimum Gasteiger partial charge on any atom is -0.311 e. The maximum absolute atomic E-state index is 3.01. The Labute approximate surface area is 377 Å². The molecule has 2 spiro atoms. The lowest BCUT2D eigenvalue weighted by Crippen LogP contribution is -2.81. The fourth-order valence-electron chi connectivity index (χ4n) is 12.9. The van der Waals surface area contributed by atoms with Crippen LogP contribution in [0.15, 0.2) is 237 Å². The molecule has 0 atom stereocenters. The van der Waals surface area contributed by atoms with E-state index >= 15 is 0 Å². The highest BCUT2D eigenvalue weighted by Gasteiger charge is 2.60. The average molecular weight is 842 g/mol. The number of anilines is 6. The zero-order valence-corrected chi connectivity index (χ0v) is 36.4. The molecule has 0 amide bonds. The minimum atomic E-state index is -3.01. The van der Waals surface area contributed by atoms with E-state index in [1.165, 1.54) is 115 Å². The Morgan fingerprint density at radius 2 is 0.677 bits per heavy atom. The summed E-state index contributed by atoms with van der Waals surface area (Å²) in [5.41, 5.74) is 15.8. The molecule has 0 saturated heterocycles. The number of rotatable bonds is 2. The molecule has 5 heterocycles. The van der Waals surface area contributed by atoms with E-state index < -0.39 is 13.5 Å². The van der Waals surface area contributed by atoms with Crippen molar-refractivity contribution in [3.8, 4) is 0 Å². The van der Waals surface area contributed by atoms with Crippen molar-refractivity contribution in [2.75, 3.05) is 9.80 Å². The molecule has 4 heteroatoms. The van der Waals surface area contributed by atoms with E-state index in [1.54, 1.807) is 0 Å². The van der Waals surface area contributed by atoms with Gasteiger partial charge in [-0.25, -0.2) is 0 Å². The fourth-order valence-corrected chi connectivity index (χ4v) is 18.5. The van der Waals surface area contributed by atoms with E-state index in [2.05, 4.69) is 251 Å². The lowest BCUT2D eigenvalue weighted by atomic mass is 9.62. The highest BCUT2D eigenvalue weighted by molar-refractivity contribution is 7.22. The van der Waals surface area contributed by atoms with Gasteiger partial charge in [-0.05, 0) is 104 Å². The molecule has 3 nitrogen and oxygen atoms in total. The van der Waals surface area contributed by atoms with E-state index in [-0.39, 0.29) is 0 Å². The summed E-state index contributed by atoms with van der Waals surface area (Å²) in [6.45, 7) is 0. The molecule has 3 aliphatic rings. The van der Waals surface area contributed by atoms with Gasteiger partial charge in [-0.1, -0.05) is 176 Å². The predicted molar refractivity (Wildman–Crippen MR) is 273 cm³/mol. The topological polar surface area (TPSA) is 10.9 Å². The second kappa shape index (κ2) is 12.7. The smallest absolute Gasteiger partial charge is 0.184 e. The van der Waals surface area contributed by atoms with E-state index in [1.807, 2.05) is 0 Å². The largest absolute Gasteiger partial charge is 0.311 e. The quantitative estimate of drug-likeness (QED) is 0.161. The normalized spacial score (nSPS) is 15.0. The number of nitrogens with zero attached hydrogens (tertiary/aromatic N) is 3. The van der Waals surface area contributed by atoms with Crippen LogP contribution in [0.25, 0.3) is 38.1 Å². The number of fused-ring (bicyclic) bond motifs is 20. The van der Waals surface area contributed by atoms with Crippen LogP contribution in [-0.4, -0.2) is 12.5 Å². The van der Waals surface area contributed by atoms with Gasteiger partial charge in [0.1, 0.15) is 0 Å². The van der Waals surface area contributed by atoms with Crippen LogP contribution in [0.3, 0.4) is 0 Å². The van der Waals surface area contributed by atoms with Gasteiger partial charge in [0.15, 0.2) is 8.07 Å². The van der Waals surface area contributed by atoms with Gasteiger partial charge in [0.05, 0.1) is 33.3 Å². The highest BCUT2D eigenvalue weighted by atomic mass is 28.3. The van der Waals surface area contributed by atoms with Gasteiger partial charge in [-0.15, -0.1) is 0 Å². The van der Waals surface area contributed by atoms with Crippen LogP contribution in [0, 0.1) is 0 Å². The van der Waals surface area contributed by atoms with E-state index in [0.29, 0.717) is 0 Å². The molecule has 0 radical (unpaired) electrons. The van der Waals surface area contributed by atoms with Crippen LogP contribution in [0.5, 0.6) is 0 Å². The molecule has 3 aliphatic heterocycles. The van der Waals surface area contributed by atoms with E-state index in [4.69, 9.17) is 0 Å². The van der Waals surface area contributed by atoms with Gasteiger partial charge in [0.25, 0.3) is 0 Å². The number of hydrogen-bond donors (Lipinski definition) is 0. The molecule has 2 aromatic heterocycles. The van der Waals surface area contributed by atoms with Crippen molar-refractivity contribution in [3.05, 3.63) is 259 Å². The molecule has 0 fully saturated rings. The van der Waals surface area contributed by atoms with Crippen molar-refractivity contribution in [2.45, 2.75) is 5.41 Å². The molecular weight excluding hydrogens is 803 g/mol. The highest BCUT2D eigenvalue weighted by Crippen LogP contribution is 2.59. The van der Waals surface area contributed by atoms with Gasteiger partial charge < -0.3 is 14.2 Å². The Bertz CT molecular complexity index is 3710. The Morgan fingerprint density at radius 1 is 0.292 bits per heavy atom. The van der Waals surface area contributed by atoms with Crippen LogP contribution in [0.4, 0.5) is 34.1 Å². The van der Waals surface area contributed by atoms with Crippen molar-refractivity contribution >= 4 is 101 Å². The lowest BCUT2D eigenvalue weighted by molar-refractivity contribution is 0.736. The third-order valence-electron chi connectivity index (χ3n) is 15.1. The maximum atomic E-state index is 2.56. The Balaban J connectivity index is 1.05. The second-order valence-electron chi connectivity index (χ2n) is 17.9. The number of para-hydroxylation sites is 7. The molecule has 0 bridgehead atoms. The number of benzene rings is 10. The van der Waals surface area contributed by atoms with Crippen LogP contribution in [0.1, 0.15) is 22.3 Å². The maximum Gasteiger partial charge on any atom is 0.184 e. The predicted octanol–water partition coefficient (Wildman–Crippen LogP) is 12.5. The molecule has 12 aromatic rings. The third-order valence-corrected chi connectivity index (χ3v) is 20.1. The van der Waals surface area contributed by atoms with Gasteiger partial charge in [0.2, 0.25) is 0 Å². The third kappa shape index (κ3) is 4.22. The van der Waals surface area contributed by atoms with Crippen molar-refractivity contribution in [1.82, 2.24) is 4.40 Å². The van der Waals surface area contributed by atoms with E-state index in [9.17, 15) is 0 Å². The summed E-state index contributed by atoms with van der Waals surface area (Å²) in [4.78, 5) is 5.06. The minimum absolute atomic E-state index is 0.612. The number of hydrogen-bond acceptors (Lipinski definition) is 2.